The Morgan fingerprint density at radius 3 is 1.68 bits per heavy atom. The third-order valence-electron chi connectivity index (χ3n) is 7.41. The molecule has 0 N–H and O–H groups in total. The summed E-state index contributed by atoms with van der Waals surface area (Å²) in [6.45, 7) is 0. The van der Waals surface area contributed by atoms with Crippen molar-refractivity contribution in [2.24, 2.45) is 5.92 Å². The van der Waals surface area contributed by atoms with E-state index in [1.807, 2.05) is 30.3 Å². The Morgan fingerprint density at radius 2 is 1.13 bits per heavy atom. The molecule has 0 saturated heterocycles. The Kier molecular flexibility index (Phi) is 4.36. The number of benzene rings is 2. The molecule has 3 aliphatic rings. The molecule has 7 rings (SSSR count). The molecule has 0 spiro atoms. The summed E-state index contributed by atoms with van der Waals surface area (Å²) in [7, 11) is 0. The molecule has 0 amide bonds. The number of nitriles is 4. The lowest BCUT2D eigenvalue weighted by Gasteiger charge is -2.22. The highest BCUT2D eigenvalue weighted by Crippen LogP contribution is 2.58. The zero-order valence-electron chi connectivity index (χ0n) is 19.6. The van der Waals surface area contributed by atoms with Gasteiger partial charge in [0.25, 0.3) is 0 Å². The summed E-state index contributed by atoms with van der Waals surface area (Å²) >= 11 is 0. The number of hydrogen-bond donors (Lipinski definition) is 0. The van der Waals surface area contributed by atoms with Crippen LogP contribution in [0.3, 0.4) is 0 Å². The molecule has 0 aliphatic heterocycles. The molecule has 8 heteroatoms. The van der Waals surface area contributed by atoms with Gasteiger partial charge in [-0.3, -0.25) is 19.9 Å². The summed E-state index contributed by atoms with van der Waals surface area (Å²) in [6.07, 6.45) is 8.95. The Morgan fingerprint density at radius 1 is 0.632 bits per heavy atom. The third-order valence-corrected chi connectivity index (χ3v) is 7.41. The predicted molar refractivity (Wildman–Crippen MR) is 138 cm³/mol. The van der Waals surface area contributed by atoms with E-state index in [9.17, 15) is 21.0 Å². The van der Waals surface area contributed by atoms with Gasteiger partial charge >= 0.3 is 0 Å². The van der Waals surface area contributed by atoms with Crippen LogP contribution in [-0.2, 0) is 0 Å². The largest absolute Gasteiger partial charge is 0.253 e. The molecule has 4 aromatic rings. The standard InChI is InChI=1S/C30H12N8/c31-11-15(12-32)29-21-6-18-20-8-26-28(38-4-2-36-26)10-24(20)30(16(13-33)14-34)22(18)5-17(21)19-7-25-27(9-23(19)29)37-3-1-35-25/h1-5,7-10,21H,6H2. The molecule has 2 aromatic heterocycles. The van der Waals surface area contributed by atoms with Gasteiger partial charge in [0.15, 0.2) is 0 Å². The van der Waals surface area contributed by atoms with Crippen molar-refractivity contribution in [1.29, 1.82) is 21.0 Å². The van der Waals surface area contributed by atoms with Crippen LogP contribution in [0.15, 0.2) is 71.8 Å². The highest BCUT2D eigenvalue weighted by Gasteiger charge is 2.41. The van der Waals surface area contributed by atoms with Gasteiger partial charge in [-0.1, -0.05) is 0 Å². The minimum atomic E-state index is -0.257. The number of rotatable bonds is 0. The predicted octanol–water partition coefficient (Wildman–Crippen LogP) is 5.06. The lowest BCUT2D eigenvalue weighted by Crippen LogP contribution is -2.06. The first-order valence-electron chi connectivity index (χ1n) is 11.7. The first-order valence-corrected chi connectivity index (χ1v) is 11.7. The van der Waals surface area contributed by atoms with Crippen molar-refractivity contribution in [1.82, 2.24) is 19.9 Å². The van der Waals surface area contributed by atoms with Gasteiger partial charge in [0.1, 0.15) is 35.4 Å². The molecule has 172 valence electrons. The fourth-order valence-electron chi connectivity index (χ4n) is 5.90. The van der Waals surface area contributed by atoms with E-state index in [0.717, 1.165) is 39.0 Å². The van der Waals surface area contributed by atoms with Gasteiger partial charge in [-0.15, -0.1) is 0 Å². The Hall–Kier alpha value is -5.96. The minimum absolute atomic E-state index is 0.0166. The van der Waals surface area contributed by atoms with E-state index in [0.29, 0.717) is 39.6 Å². The molecule has 0 saturated carbocycles. The van der Waals surface area contributed by atoms with Crippen LogP contribution < -0.4 is 0 Å². The molecule has 0 fully saturated rings. The topological polar surface area (TPSA) is 147 Å². The Bertz CT molecular complexity index is 2070. The molecule has 2 heterocycles. The molecule has 8 nitrogen and oxygen atoms in total. The maximum atomic E-state index is 9.87. The zero-order valence-corrected chi connectivity index (χ0v) is 19.6. The van der Waals surface area contributed by atoms with Crippen molar-refractivity contribution in [2.45, 2.75) is 6.42 Å². The molecule has 0 bridgehead atoms. The Labute approximate surface area is 216 Å². The van der Waals surface area contributed by atoms with Gasteiger partial charge in [-0.25, -0.2) is 0 Å². The second kappa shape index (κ2) is 7.77. The van der Waals surface area contributed by atoms with Gasteiger partial charge in [0, 0.05) is 36.3 Å². The van der Waals surface area contributed by atoms with E-state index in [-0.39, 0.29) is 17.1 Å². The molecule has 1 atom stereocenters. The molecule has 2 aromatic carbocycles. The maximum Gasteiger partial charge on any atom is 0.138 e. The molecular formula is C30H12N8. The minimum Gasteiger partial charge on any atom is -0.253 e. The van der Waals surface area contributed by atoms with Crippen LogP contribution in [0, 0.1) is 51.2 Å². The van der Waals surface area contributed by atoms with E-state index in [4.69, 9.17) is 0 Å². The second-order valence-electron chi connectivity index (χ2n) is 9.12. The zero-order chi connectivity index (χ0) is 26.0. The normalized spacial score (nSPS) is 16.4. The van der Waals surface area contributed by atoms with Crippen LogP contribution in [0.2, 0.25) is 0 Å². The molecule has 0 radical (unpaired) electrons. The average Bonchev–Trinajstić information content (AvgIpc) is 3.42. The third kappa shape index (κ3) is 2.75. The lowest BCUT2D eigenvalue weighted by atomic mass is 9.80. The summed E-state index contributed by atoms with van der Waals surface area (Å²) in [5, 5.41) is 39.5. The van der Waals surface area contributed by atoms with Crippen LogP contribution in [0.5, 0.6) is 0 Å². The summed E-state index contributed by atoms with van der Waals surface area (Å²) in [5.41, 5.74) is 9.99. The van der Waals surface area contributed by atoms with Gasteiger partial charge in [0.05, 0.1) is 22.1 Å². The summed E-state index contributed by atoms with van der Waals surface area (Å²) in [4.78, 5) is 17.7. The Balaban J connectivity index is 1.56. The fourth-order valence-corrected chi connectivity index (χ4v) is 5.90. The van der Waals surface area contributed by atoms with Crippen LogP contribution in [0.1, 0.15) is 28.7 Å². The highest BCUT2D eigenvalue weighted by atomic mass is 14.8. The first kappa shape index (κ1) is 21.3. The number of nitrogens with zero attached hydrogens (tertiary/aromatic N) is 8. The van der Waals surface area contributed by atoms with E-state index in [2.05, 4.69) is 44.2 Å². The maximum absolute atomic E-state index is 9.87. The molecule has 1 unspecified atom stereocenters. The molecule has 3 aliphatic carbocycles. The van der Waals surface area contributed by atoms with Crippen LogP contribution >= 0.6 is 0 Å². The van der Waals surface area contributed by atoms with Crippen molar-refractivity contribution >= 4 is 44.4 Å². The molecule has 38 heavy (non-hydrogen) atoms. The first-order chi connectivity index (χ1) is 18.7. The van der Waals surface area contributed by atoms with Crippen molar-refractivity contribution in [2.75, 3.05) is 0 Å². The monoisotopic (exact) mass is 484 g/mol. The lowest BCUT2D eigenvalue weighted by molar-refractivity contribution is 0.898. The fraction of sp³-hybridized carbons (Fsp3) is 0.0667. The average molecular weight is 484 g/mol. The summed E-state index contributed by atoms with van der Waals surface area (Å²) < 4.78 is 0. The van der Waals surface area contributed by atoms with Gasteiger partial charge in [-0.2, -0.15) is 21.0 Å². The van der Waals surface area contributed by atoms with E-state index in [1.54, 1.807) is 24.8 Å². The second-order valence-corrected chi connectivity index (χ2v) is 9.12. The quantitative estimate of drug-likeness (QED) is 0.315. The van der Waals surface area contributed by atoms with E-state index in [1.165, 1.54) is 0 Å². The number of aromatic nitrogens is 4. The van der Waals surface area contributed by atoms with Crippen LogP contribution in [0.25, 0.3) is 44.4 Å². The number of allylic oxidation sites excluding steroid dienone is 8. The van der Waals surface area contributed by atoms with E-state index >= 15 is 0 Å². The SMILES string of the molecule is N#CC(C#N)=C1C2=C(CC3C(=C2)c2cc4nccnc4cc2C3=C(C#N)C#N)c2cc3nccnc3cc21. The molecular weight excluding hydrogens is 472 g/mol. The van der Waals surface area contributed by atoms with Gasteiger partial charge < -0.3 is 0 Å². The number of hydrogen-bond acceptors (Lipinski definition) is 8. The van der Waals surface area contributed by atoms with Crippen LogP contribution in [-0.4, -0.2) is 19.9 Å². The van der Waals surface area contributed by atoms with E-state index < -0.39 is 0 Å². The van der Waals surface area contributed by atoms with Crippen molar-refractivity contribution in [3.05, 3.63) is 94.1 Å². The van der Waals surface area contributed by atoms with Crippen molar-refractivity contribution in [3.63, 3.8) is 0 Å². The van der Waals surface area contributed by atoms with Gasteiger partial charge in [-0.05, 0) is 81.3 Å². The summed E-state index contributed by atoms with van der Waals surface area (Å²) in [6, 6.07) is 15.9. The number of fused-ring (bicyclic) bond motifs is 7. The van der Waals surface area contributed by atoms with Crippen LogP contribution in [0.4, 0.5) is 0 Å². The smallest absolute Gasteiger partial charge is 0.138 e. The summed E-state index contributed by atoms with van der Waals surface area (Å²) in [5.74, 6) is -0.257. The highest BCUT2D eigenvalue weighted by molar-refractivity contribution is 6.13. The van der Waals surface area contributed by atoms with Gasteiger partial charge in [0.2, 0.25) is 0 Å². The van der Waals surface area contributed by atoms with Crippen molar-refractivity contribution < 1.29 is 0 Å². The van der Waals surface area contributed by atoms with Crippen molar-refractivity contribution in [3.8, 4) is 24.3 Å².